The summed E-state index contributed by atoms with van der Waals surface area (Å²) in [5.41, 5.74) is 0. The van der Waals surface area contributed by atoms with Crippen molar-refractivity contribution in [2.24, 2.45) is 29.6 Å². The summed E-state index contributed by atoms with van der Waals surface area (Å²) in [4.78, 5) is 35.0. The van der Waals surface area contributed by atoms with Gasteiger partial charge in [-0.2, -0.15) is 0 Å². The molecule has 3 saturated carbocycles. The second-order valence-electron chi connectivity index (χ2n) is 10.6. The number of allylic oxidation sites excluding steroid dienone is 2. The summed E-state index contributed by atoms with van der Waals surface area (Å²) in [6.45, 7) is 0.784. The first-order valence-electron chi connectivity index (χ1n) is 13.4. The number of carbonyl (C=O) groups excluding carboxylic acids is 2. The van der Waals surface area contributed by atoms with Gasteiger partial charge in [-0.15, -0.1) is 0 Å². The molecule has 6 heteroatoms. The average Bonchev–Trinajstić information content (AvgIpc) is 3.41. The topological polar surface area (TPSA) is 95.5 Å². The number of hydrogen-bond acceptors (Lipinski definition) is 3. The normalized spacial score (nSPS) is 27.2. The van der Waals surface area contributed by atoms with Crippen molar-refractivity contribution in [2.45, 2.75) is 96.3 Å². The van der Waals surface area contributed by atoms with Crippen LogP contribution in [-0.4, -0.2) is 36.0 Å². The second kappa shape index (κ2) is 13.8. The molecule has 3 aliphatic rings. The smallest absolute Gasteiger partial charge is 0.303 e. The van der Waals surface area contributed by atoms with Crippen LogP contribution in [0.25, 0.3) is 0 Å². The highest BCUT2D eigenvalue weighted by atomic mass is 16.4. The third kappa shape index (κ3) is 8.78. The first-order valence-corrected chi connectivity index (χ1v) is 13.4. The van der Waals surface area contributed by atoms with Crippen molar-refractivity contribution in [1.29, 1.82) is 0 Å². The summed E-state index contributed by atoms with van der Waals surface area (Å²) >= 11 is 0. The van der Waals surface area contributed by atoms with Gasteiger partial charge >= 0.3 is 5.97 Å². The Hall–Kier alpha value is -1.85. The highest BCUT2D eigenvalue weighted by Crippen LogP contribution is 2.53. The molecule has 0 radical (unpaired) electrons. The fourth-order valence-corrected chi connectivity index (χ4v) is 6.55. The van der Waals surface area contributed by atoms with Gasteiger partial charge in [-0.3, -0.25) is 14.4 Å². The van der Waals surface area contributed by atoms with E-state index in [1.807, 2.05) is 0 Å². The lowest BCUT2D eigenvalue weighted by atomic mass is 9.77. The number of unbranched alkanes of at least 4 members (excludes halogenated alkanes) is 1. The van der Waals surface area contributed by atoms with Crippen LogP contribution >= 0.6 is 0 Å². The summed E-state index contributed by atoms with van der Waals surface area (Å²) in [7, 11) is 0. The van der Waals surface area contributed by atoms with Gasteiger partial charge in [-0.25, -0.2) is 0 Å². The van der Waals surface area contributed by atoms with E-state index in [1.165, 1.54) is 51.4 Å². The lowest BCUT2D eigenvalue weighted by molar-refractivity contribution is -0.137. The van der Waals surface area contributed by atoms with Gasteiger partial charge in [0.25, 0.3) is 0 Å². The summed E-state index contributed by atoms with van der Waals surface area (Å²) in [5, 5.41) is 14.6. The van der Waals surface area contributed by atoms with Gasteiger partial charge in [-0.05, 0) is 81.0 Å². The standard InChI is InChI=1S/C27H44N2O4/c30-25(13-8-11-20-9-4-3-5-10-20)29-19-26(31)28-18-24-22-16-15-21(17-22)23(24)12-6-1-2-7-14-27(32)33/h1,6,20-24H,2-5,7-19H2,(H,28,31)(H,29,30)(H,32,33)/t21-,22+,23-,24+/m1/s1. The predicted octanol–water partition coefficient (Wildman–Crippen LogP) is 4.83. The van der Waals surface area contributed by atoms with Crippen molar-refractivity contribution in [1.82, 2.24) is 10.6 Å². The zero-order chi connectivity index (χ0) is 23.5. The first kappa shape index (κ1) is 25.8. The number of carboxylic acid groups (broad SMARTS) is 1. The highest BCUT2D eigenvalue weighted by molar-refractivity contribution is 5.84. The van der Waals surface area contributed by atoms with Gasteiger partial charge < -0.3 is 15.7 Å². The van der Waals surface area contributed by atoms with Crippen LogP contribution in [0.5, 0.6) is 0 Å². The minimum atomic E-state index is -0.733. The van der Waals surface area contributed by atoms with Crippen LogP contribution in [0.4, 0.5) is 0 Å². The maximum Gasteiger partial charge on any atom is 0.303 e. The van der Waals surface area contributed by atoms with E-state index < -0.39 is 5.97 Å². The number of carbonyl (C=O) groups is 3. The van der Waals surface area contributed by atoms with Crippen molar-refractivity contribution < 1.29 is 19.5 Å². The Morgan fingerprint density at radius 1 is 0.818 bits per heavy atom. The Morgan fingerprint density at radius 2 is 1.58 bits per heavy atom. The van der Waals surface area contributed by atoms with Crippen molar-refractivity contribution in [3.05, 3.63) is 12.2 Å². The summed E-state index contributed by atoms with van der Waals surface area (Å²) in [6, 6.07) is 0. The average molecular weight is 461 g/mol. The van der Waals surface area contributed by atoms with Crippen LogP contribution in [0.3, 0.4) is 0 Å². The molecule has 3 fully saturated rings. The number of amides is 2. The molecule has 0 heterocycles. The molecule has 3 aliphatic carbocycles. The maximum absolute atomic E-state index is 12.3. The maximum atomic E-state index is 12.3. The van der Waals surface area contributed by atoms with Crippen molar-refractivity contribution in [2.75, 3.05) is 13.1 Å². The Balaban J connectivity index is 1.29. The van der Waals surface area contributed by atoms with E-state index in [1.54, 1.807) is 0 Å². The minimum Gasteiger partial charge on any atom is -0.481 e. The lowest BCUT2D eigenvalue weighted by Gasteiger charge is -2.30. The fraction of sp³-hybridized carbons (Fsp3) is 0.815. The molecule has 4 atom stereocenters. The molecule has 3 N–H and O–H groups in total. The van der Waals surface area contributed by atoms with Crippen LogP contribution in [0, 0.1) is 29.6 Å². The molecule has 2 amide bonds. The number of nitrogens with one attached hydrogen (secondary N) is 2. The van der Waals surface area contributed by atoms with Gasteiger partial charge in [0, 0.05) is 19.4 Å². The van der Waals surface area contributed by atoms with Crippen LogP contribution in [0.1, 0.15) is 96.3 Å². The van der Waals surface area contributed by atoms with Crippen molar-refractivity contribution in [3.63, 3.8) is 0 Å². The van der Waals surface area contributed by atoms with E-state index in [-0.39, 0.29) is 24.8 Å². The van der Waals surface area contributed by atoms with Gasteiger partial charge in [0.15, 0.2) is 0 Å². The van der Waals surface area contributed by atoms with Gasteiger partial charge in [0.05, 0.1) is 6.54 Å². The fourth-order valence-electron chi connectivity index (χ4n) is 6.55. The highest BCUT2D eigenvalue weighted by Gasteiger charge is 2.46. The molecule has 0 aromatic carbocycles. The number of hydrogen-bond donors (Lipinski definition) is 3. The molecule has 3 rings (SSSR count). The Bertz CT molecular complexity index is 671. The van der Waals surface area contributed by atoms with Gasteiger partial charge in [0.2, 0.25) is 11.8 Å². The third-order valence-electron chi connectivity index (χ3n) is 8.33. The van der Waals surface area contributed by atoms with Gasteiger partial charge in [-0.1, -0.05) is 44.3 Å². The number of carboxylic acids is 1. The zero-order valence-corrected chi connectivity index (χ0v) is 20.2. The Labute approximate surface area is 199 Å². The van der Waals surface area contributed by atoms with Crippen molar-refractivity contribution >= 4 is 17.8 Å². The van der Waals surface area contributed by atoms with Crippen LogP contribution < -0.4 is 10.6 Å². The molecule has 2 bridgehead atoms. The molecular formula is C27H44N2O4. The molecule has 6 nitrogen and oxygen atoms in total. The largest absolute Gasteiger partial charge is 0.481 e. The molecule has 0 aromatic rings. The molecule has 0 unspecified atom stereocenters. The summed E-state index contributed by atoms with van der Waals surface area (Å²) < 4.78 is 0. The van der Waals surface area contributed by atoms with Crippen molar-refractivity contribution in [3.8, 4) is 0 Å². The molecular weight excluding hydrogens is 416 g/mol. The van der Waals surface area contributed by atoms with E-state index in [9.17, 15) is 14.4 Å². The summed E-state index contributed by atoms with van der Waals surface area (Å²) in [5.74, 6) is 2.55. The zero-order valence-electron chi connectivity index (χ0n) is 20.2. The van der Waals surface area contributed by atoms with Crippen LogP contribution in [0.2, 0.25) is 0 Å². The first-order chi connectivity index (χ1) is 16.0. The number of fused-ring (bicyclic) bond motifs is 2. The summed E-state index contributed by atoms with van der Waals surface area (Å²) in [6.07, 6.45) is 20.2. The minimum absolute atomic E-state index is 0.00760. The predicted molar refractivity (Wildman–Crippen MR) is 130 cm³/mol. The molecule has 0 saturated heterocycles. The van der Waals surface area contributed by atoms with E-state index in [0.29, 0.717) is 37.1 Å². The number of rotatable bonds is 14. The quantitative estimate of drug-likeness (QED) is 0.255. The molecule has 186 valence electrons. The van der Waals surface area contributed by atoms with E-state index in [4.69, 9.17) is 5.11 Å². The monoisotopic (exact) mass is 460 g/mol. The lowest BCUT2D eigenvalue weighted by Crippen LogP contribution is -2.41. The van der Waals surface area contributed by atoms with E-state index in [2.05, 4.69) is 22.8 Å². The number of aliphatic carboxylic acids is 1. The van der Waals surface area contributed by atoms with E-state index in [0.717, 1.165) is 37.5 Å². The molecule has 0 aliphatic heterocycles. The van der Waals surface area contributed by atoms with Gasteiger partial charge in [0.1, 0.15) is 0 Å². The SMILES string of the molecule is O=C(O)CCCC=CC[C@@H]1[C@@H]2CC[C@@H](C2)[C@@H]1CNC(=O)CNC(=O)CCCC1CCCCC1. The van der Waals surface area contributed by atoms with E-state index >= 15 is 0 Å². The Morgan fingerprint density at radius 3 is 2.33 bits per heavy atom. The third-order valence-corrected chi connectivity index (χ3v) is 8.33. The Kier molecular flexibility index (Phi) is 10.7. The molecule has 0 aromatic heterocycles. The van der Waals surface area contributed by atoms with Crippen LogP contribution in [-0.2, 0) is 14.4 Å². The van der Waals surface area contributed by atoms with Crippen LogP contribution in [0.15, 0.2) is 12.2 Å². The molecule has 33 heavy (non-hydrogen) atoms. The second-order valence-corrected chi connectivity index (χ2v) is 10.6. The molecule has 0 spiro atoms.